The normalized spacial score (nSPS) is 13.3. The van der Waals surface area contributed by atoms with Crippen LogP contribution in [0.2, 0.25) is 0 Å². The van der Waals surface area contributed by atoms with Crippen molar-refractivity contribution in [2.45, 2.75) is 13.5 Å². The SMILES string of the molecule is COC1=C(C#N)c2ccccc2CN(C(C)=O)c2ccccc21. The number of hydrogen-bond acceptors (Lipinski definition) is 3. The van der Waals surface area contributed by atoms with E-state index in [2.05, 4.69) is 6.07 Å². The molecule has 4 nitrogen and oxygen atoms in total. The van der Waals surface area contributed by atoms with E-state index in [9.17, 15) is 10.1 Å². The second-order valence-corrected chi connectivity index (χ2v) is 5.30. The molecule has 1 aliphatic heterocycles. The molecule has 3 rings (SSSR count). The third kappa shape index (κ3) is 2.47. The molecule has 1 heterocycles. The Morgan fingerprint density at radius 3 is 2.43 bits per heavy atom. The summed E-state index contributed by atoms with van der Waals surface area (Å²) in [4.78, 5) is 13.9. The number of amides is 1. The fourth-order valence-corrected chi connectivity index (χ4v) is 2.92. The van der Waals surface area contributed by atoms with Crippen molar-refractivity contribution >= 4 is 22.9 Å². The van der Waals surface area contributed by atoms with Gasteiger partial charge in [0.25, 0.3) is 0 Å². The number of allylic oxidation sites excluding steroid dienone is 1. The maximum absolute atomic E-state index is 12.2. The minimum absolute atomic E-state index is 0.0527. The smallest absolute Gasteiger partial charge is 0.224 e. The molecule has 0 radical (unpaired) electrons. The third-order valence-corrected chi connectivity index (χ3v) is 3.98. The molecule has 23 heavy (non-hydrogen) atoms. The van der Waals surface area contributed by atoms with Crippen LogP contribution in [0.15, 0.2) is 48.5 Å². The van der Waals surface area contributed by atoms with Gasteiger partial charge in [-0.1, -0.05) is 36.4 Å². The zero-order chi connectivity index (χ0) is 16.4. The molecule has 1 amide bonds. The van der Waals surface area contributed by atoms with Crippen LogP contribution in [0, 0.1) is 11.3 Å². The van der Waals surface area contributed by atoms with Gasteiger partial charge >= 0.3 is 0 Å². The molecule has 0 spiro atoms. The predicted molar refractivity (Wildman–Crippen MR) is 89.2 cm³/mol. The van der Waals surface area contributed by atoms with Crippen molar-refractivity contribution in [1.29, 1.82) is 5.26 Å². The van der Waals surface area contributed by atoms with E-state index >= 15 is 0 Å². The summed E-state index contributed by atoms with van der Waals surface area (Å²) in [6, 6.07) is 17.4. The molecule has 0 aromatic heterocycles. The highest BCUT2D eigenvalue weighted by molar-refractivity contribution is 6.02. The van der Waals surface area contributed by atoms with Gasteiger partial charge in [0.2, 0.25) is 5.91 Å². The summed E-state index contributed by atoms with van der Waals surface area (Å²) in [5.74, 6) is 0.435. The van der Waals surface area contributed by atoms with Gasteiger partial charge in [-0.05, 0) is 17.7 Å². The van der Waals surface area contributed by atoms with Crippen molar-refractivity contribution in [2.75, 3.05) is 12.0 Å². The Labute approximate surface area is 135 Å². The van der Waals surface area contributed by atoms with Crippen molar-refractivity contribution in [3.05, 3.63) is 65.2 Å². The summed E-state index contributed by atoms with van der Waals surface area (Å²) in [6.07, 6.45) is 0. The number of ether oxygens (including phenoxy) is 1. The summed E-state index contributed by atoms with van der Waals surface area (Å²) in [7, 11) is 1.55. The second-order valence-electron chi connectivity index (χ2n) is 5.30. The summed E-state index contributed by atoms with van der Waals surface area (Å²) < 4.78 is 5.56. The van der Waals surface area contributed by atoms with Crippen LogP contribution >= 0.6 is 0 Å². The Balaban J connectivity index is 2.40. The van der Waals surface area contributed by atoms with E-state index in [4.69, 9.17) is 4.74 Å². The van der Waals surface area contributed by atoms with Gasteiger partial charge in [-0.3, -0.25) is 4.79 Å². The lowest BCUT2D eigenvalue weighted by Crippen LogP contribution is -2.30. The van der Waals surface area contributed by atoms with Crippen LogP contribution in [0.5, 0.6) is 0 Å². The molecule has 114 valence electrons. The van der Waals surface area contributed by atoms with Gasteiger partial charge in [0.05, 0.1) is 19.3 Å². The van der Waals surface area contributed by atoms with Crippen LogP contribution in [0.4, 0.5) is 5.69 Å². The number of fused-ring (bicyclic) bond motifs is 2. The molecule has 0 bridgehead atoms. The van der Waals surface area contributed by atoms with Crippen LogP contribution in [-0.4, -0.2) is 13.0 Å². The average Bonchev–Trinajstić information content (AvgIpc) is 2.56. The van der Waals surface area contributed by atoms with E-state index in [1.165, 1.54) is 0 Å². The number of nitriles is 1. The van der Waals surface area contributed by atoms with E-state index in [0.717, 1.165) is 22.4 Å². The van der Waals surface area contributed by atoms with Gasteiger partial charge < -0.3 is 9.64 Å². The molecule has 0 atom stereocenters. The molecule has 2 aromatic carbocycles. The van der Waals surface area contributed by atoms with Crippen LogP contribution in [0.3, 0.4) is 0 Å². The van der Waals surface area contributed by atoms with Crippen molar-refractivity contribution < 1.29 is 9.53 Å². The largest absolute Gasteiger partial charge is 0.495 e. The molecular formula is C19H16N2O2. The van der Waals surface area contributed by atoms with E-state index in [0.29, 0.717) is 17.9 Å². The Kier molecular flexibility index (Phi) is 3.86. The molecule has 1 aliphatic rings. The van der Waals surface area contributed by atoms with E-state index in [1.807, 2.05) is 48.5 Å². The van der Waals surface area contributed by atoms with Gasteiger partial charge in [0.1, 0.15) is 17.4 Å². The number of para-hydroxylation sites is 1. The first-order valence-corrected chi connectivity index (χ1v) is 7.31. The van der Waals surface area contributed by atoms with Crippen molar-refractivity contribution in [1.82, 2.24) is 0 Å². The topological polar surface area (TPSA) is 53.3 Å². The third-order valence-electron chi connectivity index (χ3n) is 3.98. The number of rotatable bonds is 1. The molecule has 0 N–H and O–H groups in total. The van der Waals surface area contributed by atoms with Gasteiger partial charge in [-0.15, -0.1) is 0 Å². The average molecular weight is 304 g/mol. The first kappa shape index (κ1) is 14.9. The maximum Gasteiger partial charge on any atom is 0.224 e. The highest BCUT2D eigenvalue weighted by Gasteiger charge is 2.25. The minimum Gasteiger partial charge on any atom is -0.495 e. The van der Waals surface area contributed by atoms with Gasteiger partial charge in [-0.2, -0.15) is 5.26 Å². The lowest BCUT2D eigenvalue weighted by molar-refractivity contribution is -0.116. The van der Waals surface area contributed by atoms with Crippen molar-refractivity contribution in [2.24, 2.45) is 0 Å². The fourth-order valence-electron chi connectivity index (χ4n) is 2.92. The number of nitrogens with zero attached hydrogens (tertiary/aromatic N) is 2. The van der Waals surface area contributed by atoms with Crippen LogP contribution in [0.25, 0.3) is 11.3 Å². The number of methoxy groups -OCH3 is 1. The number of anilines is 1. The zero-order valence-corrected chi connectivity index (χ0v) is 13.0. The van der Waals surface area contributed by atoms with Crippen molar-refractivity contribution in [3.8, 4) is 6.07 Å². The Hall–Kier alpha value is -3.06. The van der Waals surface area contributed by atoms with Gasteiger partial charge in [-0.25, -0.2) is 0 Å². The van der Waals surface area contributed by atoms with Crippen LogP contribution < -0.4 is 4.90 Å². The summed E-state index contributed by atoms with van der Waals surface area (Å²) in [5, 5.41) is 9.69. The fraction of sp³-hybridized carbons (Fsp3) is 0.158. The molecule has 0 aliphatic carbocycles. The van der Waals surface area contributed by atoms with E-state index < -0.39 is 0 Å². The predicted octanol–water partition coefficient (Wildman–Crippen LogP) is 3.59. The zero-order valence-electron chi connectivity index (χ0n) is 13.0. The summed E-state index contributed by atoms with van der Waals surface area (Å²) in [5.41, 5.74) is 3.70. The molecule has 0 saturated carbocycles. The highest BCUT2D eigenvalue weighted by atomic mass is 16.5. The molecule has 0 fully saturated rings. The Bertz CT molecular complexity index is 846. The number of carbonyl (C=O) groups is 1. The monoisotopic (exact) mass is 304 g/mol. The molecule has 0 saturated heterocycles. The first-order chi connectivity index (χ1) is 11.2. The quantitative estimate of drug-likeness (QED) is 0.809. The molecule has 4 heteroatoms. The molecular weight excluding hydrogens is 288 g/mol. The van der Waals surface area contributed by atoms with E-state index in [-0.39, 0.29) is 5.91 Å². The van der Waals surface area contributed by atoms with Crippen LogP contribution in [0.1, 0.15) is 23.6 Å². The Morgan fingerprint density at radius 1 is 1.13 bits per heavy atom. The summed E-state index contributed by atoms with van der Waals surface area (Å²) >= 11 is 0. The standard InChI is InChI=1S/C19H16N2O2/c1-13(22)21-12-14-7-3-4-8-15(14)17(11-20)19(23-2)16-9-5-6-10-18(16)21/h3-10H,12H2,1-2H3. The minimum atomic E-state index is -0.0527. The second kappa shape index (κ2) is 5.98. The van der Waals surface area contributed by atoms with Crippen LogP contribution in [-0.2, 0) is 16.1 Å². The first-order valence-electron chi connectivity index (χ1n) is 7.31. The van der Waals surface area contributed by atoms with Gasteiger partial charge in [0, 0.05) is 18.1 Å². The number of hydrogen-bond donors (Lipinski definition) is 0. The summed E-state index contributed by atoms with van der Waals surface area (Å²) in [6.45, 7) is 1.97. The Morgan fingerprint density at radius 2 is 1.78 bits per heavy atom. The highest BCUT2D eigenvalue weighted by Crippen LogP contribution is 2.37. The maximum atomic E-state index is 12.2. The lowest BCUT2D eigenvalue weighted by Gasteiger charge is -2.28. The van der Waals surface area contributed by atoms with Crippen molar-refractivity contribution in [3.63, 3.8) is 0 Å². The lowest BCUT2D eigenvalue weighted by atomic mass is 9.93. The molecule has 0 unspecified atom stereocenters. The molecule has 2 aromatic rings. The number of benzene rings is 2. The van der Waals surface area contributed by atoms with Gasteiger partial charge in [0.15, 0.2) is 0 Å². The number of carbonyl (C=O) groups excluding carboxylic acids is 1. The van der Waals surface area contributed by atoms with E-state index in [1.54, 1.807) is 18.9 Å².